The van der Waals surface area contributed by atoms with Crippen LogP contribution in [0.25, 0.3) is 0 Å². The average Bonchev–Trinajstić information content (AvgIpc) is 2.83. The molecular weight excluding hydrogens is 653 g/mol. The van der Waals surface area contributed by atoms with Crippen molar-refractivity contribution in [2.45, 2.75) is 145 Å². The second-order valence-corrected chi connectivity index (χ2v) is 41.0. The van der Waals surface area contributed by atoms with Crippen molar-refractivity contribution >= 4 is 50.6 Å². The molecule has 0 radical (unpaired) electrons. The SMILES string of the molecule is CCO[Si](CCCN([Si](C)(C)C)[Si](C)(C)C)(OCC)OCC.CCO[Si](CCCN([Si](C)(C)C)[Si](C)(C)C)(OCC)OCC. The quantitative estimate of drug-likeness (QED) is 0.0914. The van der Waals surface area contributed by atoms with Crippen LogP contribution in [-0.2, 0) is 26.6 Å². The van der Waals surface area contributed by atoms with Gasteiger partial charge in [-0.1, -0.05) is 78.6 Å². The van der Waals surface area contributed by atoms with E-state index in [2.05, 4.69) is 87.0 Å². The monoisotopic (exact) mass is 730 g/mol. The second-order valence-electron chi connectivity index (χ2n) is 15.2. The van der Waals surface area contributed by atoms with E-state index in [-0.39, 0.29) is 0 Å². The van der Waals surface area contributed by atoms with E-state index >= 15 is 0 Å². The highest BCUT2D eigenvalue weighted by Gasteiger charge is 2.42. The summed E-state index contributed by atoms with van der Waals surface area (Å²) < 4.78 is 41.4. The third kappa shape index (κ3) is 19.1. The van der Waals surface area contributed by atoms with Crippen molar-refractivity contribution in [2.24, 2.45) is 0 Å². The van der Waals surface area contributed by atoms with Gasteiger partial charge in [0.1, 0.15) is 32.9 Å². The smallest absolute Gasteiger partial charge is 0.374 e. The molecule has 0 aromatic carbocycles. The molecule has 8 nitrogen and oxygen atoms in total. The molecule has 0 bridgehead atoms. The van der Waals surface area contributed by atoms with Crippen LogP contribution in [0.5, 0.6) is 0 Å². The Morgan fingerprint density at radius 2 is 0.523 bits per heavy atom. The molecule has 0 aromatic heterocycles. The van der Waals surface area contributed by atoms with Crippen molar-refractivity contribution in [2.75, 3.05) is 52.7 Å². The van der Waals surface area contributed by atoms with Crippen LogP contribution >= 0.6 is 0 Å². The molecule has 14 heteroatoms. The topological polar surface area (TPSA) is 61.9 Å². The van der Waals surface area contributed by atoms with Gasteiger partial charge in [-0.25, -0.2) is 0 Å². The second kappa shape index (κ2) is 21.8. The first-order chi connectivity index (χ1) is 20.0. The summed E-state index contributed by atoms with van der Waals surface area (Å²) in [7, 11) is -10.1. The van der Waals surface area contributed by atoms with Gasteiger partial charge in [-0.2, -0.15) is 0 Å². The number of nitrogens with zero attached hydrogens (tertiary/aromatic N) is 2. The Kier molecular flexibility index (Phi) is 23.4. The van der Waals surface area contributed by atoms with Gasteiger partial charge < -0.3 is 35.0 Å². The molecule has 0 heterocycles. The Balaban J connectivity index is 0. The van der Waals surface area contributed by atoms with Crippen molar-refractivity contribution in [3.05, 3.63) is 0 Å². The Morgan fingerprint density at radius 3 is 0.659 bits per heavy atom. The summed E-state index contributed by atoms with van der Waals surface area (Å²) in [5.41, 5.74) is 0. The fraction of sp³-hybridized carbons (Fsp3) is 1.00. The van der Waals surface area contributed by atoms with Crippen LogP contribution in [0.3, 0.4) is 0 Å². The molecule has 0 amide bonds. The first-order valence-corrected chi connectivity index (χ1v) is 35.1. The van der Waals surface area contributed by atoms with Crippen LogP contribution in [-0.4, -0.2) is 112 Å². The molecule has 44 heavy (non-hydrogen) atoms. The van der Waals surface area contributed by atoms with Crippen molar-refractivity contribution in [3.8, 4) is 0 Å². The molecular formula is C30H78N2O6Si6. The summed E-state index contributed by atoms with van der Waals surface area (Å²) in [5.74, 6) is 0. The molecule has 0 spiro atoms. The van der Waals surface area contributed by atoms with Gasteiger partial charge in [0, 0.05) is 51.7 Å². The van der Waals surface area contributed by atoms with E-state index in [4.69, 9.17) is 26.6 Å². The molecule has 268 valence electrons. The van der Waals surface area contributed by atoms with Crippen LogP contribution in [0, 0.1) is 0 Å². The lowest BCUT2D eigenvalue weighted by atomic mass is 10.5. The average molecular weight is 731 g/mol. The zero-order chi connectivity index (χ0) is 34.9. The minimum Gasteiger partial charge on any atom is -0.374 e. The van der Waals surface area contributed by atoms with E-state index in [0.717, 1.165) is 38.0 Å². The molecule has 0 saturated heterocycles. The van der Waals surface area contributed by atoms with Gasteiger partial charge in [-0.3, -0.25) is 0 Å². The van der Waals surface area contributed by atoms with Crippen LogP contribution in [0.2, 0.25) is 90.7 Å². The maximum atomic E-state index is 5.96. The van der Waals surface area contributed by atoms with Gasteiger partial charge in [0.2, 0.25) is 0 Å². The molecule has 0 rings (SSSR count). The number of hydrogen-bond acceptors (Lipinski definition) is 8. The Labute approximate surface area is 282 Å². The van der Waals surface area contributed by atoms with Gasteiger partial charge in [-0.15, -0.1) is 0 Å². The molecule has 0 aromatic rings. The van der Waals surface area contributed by atoms with Crippen molar-refractivity contribution in [1.82, 2.24) is 8.46 Å². The minimum absolute atomic E-state index is 0.665. The molecule has 0 atom stereocenters. The summed E-state index contributed by atoms with van der Waals surface area (Å²) in [6.45, 7) is 47.8. The zero-order valence-corrected chi connectivity index (χ0v) is 38.8. The predicted octanol–water partition coefficient (Wildman–Crippen LogP) is 8.79. The van der Waals surface area contributed by atoms with Crippen LogP contribution in [0.4, 0.5) is 0 Å². The fourth-order valence-corrected chi connectivity index (χ4v) is 30.9. The third-order valence-electron chi connectivity index (χ3n) is 7.15. The van der Waals surface area contributed by atoms with E-state index in [1.165, 1.54) is 0 Å². The number of hydrogen-bond donors (Lipinski definition) is 0. The van der Waals surface area contributed by atoms with Crippen molar-refractivity contribution < 1.29 is 26.6 Å². The summed E-state index contributed by atoms with van der Waals surface area (Å²) in [6, 6.07) is 1.85. The van der Waals surface area contributed by atoms with Gasteiger partial charge >= 0.3 is 17.6 Å². The highest BCUT2D eigenvalue weighted by molar-refractivity contribution is 6.90. The highest BCUT2D eigenvalue weighted by atomic mass is 28.4. The van der Waals surface area contributed by atoms with Gasteiger partial charge in [0.25, 0.3) is 0 Å². The van der Waals surface area contributed by atoms with Crippen LogP contribution < -0.4 is 0 Å². The van der Waals surface area contributed by atoms with Crippen molar-refractivity contribution in [1.29, 1.82) is 0 Å². The molecule has 0 saturated carbocycles. The largest absolute Gasteiger partial charge is 0.500 e. The maximum absolute atomic E-state index is 5.96. The summed E-state index contributed by atoms with van der Waals surface area (Å²) >= 11 is 0. The van der Waals surface area contributed by atoms with E-state index in [1.807, 2.05) is 41.5 Å². The van der Waals surface area contributed by atoms with E-state index in [1.54, 1.807) is 0 Å². The van der Waals surface area contributed by atoms with Gasteiger partial charge in [0.05, 0.1) is 0 Å². The third-order valence-corrected chi connectivity index (χ3v) is 28.9. The van der Waals surface area contributed by atoms with Gasteiger partial charge in [0.15, 0.2) is 0 Å². The van der Waals surface area contributed by atoms with E-state index < -0.39 is 50.6 Å². The Hall–Kier alpha value is 0.981. The first kappa shape index (κ1) is 47.1. The molecule has 0 aliphatic rings. The normalized spacial score (nSPS) is 13.9. The molecule has 0 unspecified atom stereocenters. The van der Waals surface area contributed by atoms with Crippen LogP contribution in [0.15, 0.2) is 0 Å². The Morgan fingerprint density at radius 1 is 0.341 bits per heavy atom. The van der Waals surface area contributed by atoms with E-state index in [9.17, 15) is 0 Å². The lowest BCUT2D eigenvalue weighted by molar-refractivity contribution is 0.0698. The summed E-state index contributed by atoms with van der Waals surface area (Å²) in [5, 5.41) is 0. The summed E-state index contributed by atoms with van der Waals surface area (Å²) in [6.07, 6.45) is 2.20. The Bertz CT molecular complexity index is 605. The van der Waals surface area contributed by atoms with Gasteiger partial charge in [-0.05, 0) is 67.5 Å². The number of rotatable bonds is 24. The summed E-state index contributed by atoms with van der Waals surface area (Å²) in [4.78, 5) is 0. The zero-order valence-electron chi connectivity index (χ0n) is 32.8. The maximum Gasteiger partial charge on any atom is 0.500 e. The molecule has 0 N–H and O–H groups in total. The first-order valence-electron chi connectivity index (χ1n) is 17.4. The standard InChI is InChI=1S/2C15H39NO3Si3/c2*1-10-17-22(18-11-2,19-12-3)15-13-14-16(20(4,5)6)21(7,8)9/h2*10-15H2,1-9H3. The molecule has 0 aliphatic carbocycles. The molecule has 0 fully saturated rings. The lowest BCUT2D eigenvalue weighted by Crippen LogP contribution is -2.59. The molecule has 0 aliphatic heterocycles. The predicted molar refractivity (Wildman–Crippen MR) is 207 cm³/mol. The van der Waals surface area contributed by atoms with Crippen molar-refractivity contribution in [3.63, 3.8) is 0 Å². The minimum atomic E-state index is -2.48. The van der Waals surface area contributed by atoms with E-state index in [0.29, 0.717) is 39.6 Å². The fourth-order valence-electron chi connectivity index (χ4n) is 6.26. The van der Waals surface area contributed by atoms with Crippen LogP contribution in [0.1, 0.15) is 54.4 Å². The highest BCUT2D eigenvalue weighted by Crippen LogP contribution is 2.25. The lowest BCUT2D eigenvalue weighted by Gasteiger charge is -2.44.